The predicted octanol–water partition coefficient (Wildman–Crippen LogP) is 0.568. The molecule has 0 aromatic rings. The van der Waals surface area contributed by atoms with Crippen molar-refractivity contribution < 1.29 is 14.3 Å². The molecule has 0 saturated carbocycles. The quantitative estimate of drug-likeness (QED) is 0.570. The lowest BCUT2D eigenvalue weighted by Crippen LogP contribution is -2.10. The van der Waals surface area contributed by atoms with Crippen LogP contribution in [0.5, 0.6) is 0 Å². The minimum Gasteiger partial charge on any atom is -0.390 e. The Kier molecular flexibility index (Phi) is 2.58. The molecule has 4 heteroatoms. The van der Waals surface area contributed by atoms with Gasteiger partial charge in [0.1, 0.15) is 0 Å². The molecule has 0 N–H and O–H groups in total. The summed E-state index contributed by atoms with van der Waals surface area (Å²) in [7, 11) is 0. The van der Waals surface area contributed by atoms with Crippen molar-refractivity contribution in [2.24, 2.45) is 5.16 Å². The van der Waals surface area contributed by atoms with Gasteiger partial charge in [0, 0.05) is 12.8 Å². The van der Waals surface area contributed by atoms with Crippen molar-refractivity contribution >= 4 is 5.71 Å². The van der Waals surface area contributed by atoms with E-state index in [0.29, 0.717) is 13.2 Å². The van der Waals surface area contributed by atoms with E-state index in [4.69, 9.17) is 14.3 Å². The van der Waals surface area contributed by atoms with Gasteiger partial charge in [-0.1, -0.05) is 5.16 Å². The summed E-state index contributed by atoms with van der Waals surface area (Å²) in [6.07, 6.45) is 2.03. The highest BCUT2D eigenvalue weighted by molar-refractivity contribution is 5.86. The van der Waals surface area contributed by atoms with Crippen LogP contribution in [0.4, 0.5) is 0 Å². The van der Waals surface area contributed by atoms with E-state index in [1.807, 2.05) is 0 Å². The maximum atomic E-state index is 5.27. The van der Waals surface area contributed by atoms with Gasteiger partial charge in [-0.15, -0.1) is 0 Å². The SMILES string of the molecule is C1C/C(=N\OC2CCOC2)CO1. The molecule has 2 saturated heterocycles. The van der Waals surface area contributed by atoms with E-state index in [2.05, 4.69) is 5.16 Å². The smallest absolute Gasteiger partial charge is 0.152 e. The highest BCUT2D eigenvalue weighted by atomic mass is 16.7. The molecule has 0 radical (unpaired) electrons. The number of hydrogen-bond acceptors (Lipinski definition) is 4. The van der Waals surface area contributed by atoms with Crippen LogP contribution in [0.1, 0.15) is 12.8 Å². The maximum absolute atomic E-state index is 5.27. The van der Waals surface area contributed by atoms with Gasteiger partial charge in [0.15, 0.2) is 6.10 Å². The summed E-state index contributed by atoms with van der Waals surface area (Å²) >= 11 is 0. The molecule has 68 valence electrons. The summed E-state index contributed by atoms with van der Waals surface area (Å²) in [5.74, 6) is 0. The van der Waals surface area contributed by atoms with Crippen LogP contribution in [0, 0.1) is 0 Å². The number of hydrogen-bond donors (Lipinski definition) is 0. The Morgan fingerprint density at radius 1 is 1.33 bits per heavy atom. The zero-order chi connectivity index (χ0) is 8.23. The fourth-order valence-electron chi connectivity index (χ4n) is 1.27. The Morgan fingerprint density at radius 2 is 2.33 bits per heavy atom. The lowest BCUT2D eigenvalue weighted by molar-refractivity contribution is 0.0467. The summed E-state index contributed by atoms with van der Waals surface area (Å²) in [4.78, 5) is 5.27. The fourth-order valence-corrected chi connectivity index (χ4v) is 1.27. The highest BCUT2D eigenvalue weighted by Gasteiger charge is 2.17. The lowest BCUT2D eigenvalue weighted by Gasteiger charge is -2.04. The summed E-state index contributed by atoms with van der Waals surface area (Å²) < 4.78 is 10.3. The Bertz CT molecular complexity index is 167. The molecule has 2 rings (SSSR count). The third kappa shape index (κ3) is 1.95. The van der Waals surface area contributed by atoms with Crippen molar-refractivity contribution in [1.29, 1.82) is 0 Å². The van der Waals surface area contributed by atoms with Gasteiger partial charge in [-0.05, 0) is 0 Å². The monoisotopic (exact) mass is 171 g/mol. The summed E-state index contributed by atoms with van der Waals surface area (Å²) in [5.41, 5.74) is 1.02. The van der Waals surface area contributed by atoms with Crippen LogP contribution < -0.4 is 0 Å². The van der Waals surface area contributed by atoms with Crippen LogP contribution in [0.15, 0.2) is 5.16 Å². The first-order chi connectivity index (χ1) is 5.95. The molecular formula is C8H13NO3. The summed E-state index contributed by atoms with van der Waals surface area (Å²) in [6.45, 7) is 2.89. The molecule has 1 unspecified atom stereocenters. The third-order valence-corrected chi connectivity index (χ3v) is 2.02. The van der Waals surface area contributed by atoms with Crippen molar-refractivity contribution in [3.8, 4) is 0 Å². The molecular weight excluding hydrogens is 158 g/mol. The second kappa shape index (κ2) is 3.87. The van der Waals surface area contributed by atoms with E-state index in [-0.39, 0.29) is 6.10 Å². The Morgan fingerprint density at radius 3 is 3.00 bits per heavy atom. The minimum absolute atomic E-state index is 0.165. The summed E-state index contributed by atoms with van der Waals surface area (Å²) in [5, 5.41) is 4.02. The molecule has 0 aromatic carbocycles. The van der Waals surface area contributed by atoms with Gasteiger partial charge in [0.05, 0.1) is 32.1 Å². The van der Waals surface area contributed by atoms with Gasteiger partial charge < -0.3 is 14.3 Å². The van der Waals surface area contributed by atoms with E-state index >= 15 is 0 Å². The first-order valence-corrected chi connectivity index (χ1v) is 4.32. The van der Waals surface area contributed by atoms with Gasteiger partial charge in [0.2, 0.25) is 0 Å². The lowest BCUT2D eigenvalue weighted by atomic mass is 10.3. The van der Waals surface area contributed by atoms with Crippen LogP contribution in [0.3, 0.4) is 0 Å². The van der Waals surface area contributed by atoms with Gasteiger partial charge in [-0.25, -0.2) is 0 Å². The van der Waals surface area contributed by atoms with E-state index in [1.165, 1.54) is 0 Å². The van der Waals surface area contributed by atoms with E-state index in [9.17, 15) is 0 Å². The largest absolute Gasteiger partial charge is 0.390 e. The Labute approximate surface area is 71.5 Å². The number of oxime groups is 1. The highest BCUT2D eigenvalue weighted by Crippen LogP contribution is 2.09. The normalized spacial score (nSPS) is 33.0. The second-order valence-corrected chi connectivity index (χ2v) is 3.05. The van der Waals surface area contributed by atoms with Crippen LogP contribution in [-0.2, 0) is 14.3 Å². The molecule has 0 aliphatic carbocycles. The predicted molar refractivity (Wildman–Crippen MR) is 43.2 cm³/mol. The van der Waals surface area contributed by atoms with Crippen molar-refractivity contribution in [3.63, 3.8) is 0 Å². The van der Waals surface area contributed by atoms with Crippen molar-refractivity contribution in [3.05, 3.63) is 0 Å². The fraction of sp³-hybridized carbons (Fsp3) is 0.875. The molecule has 0 bridgehead atoms. The minimum atomic E-state index is 0.165. The van der Waals surface area contributed by atoms with Crippen LogP contribution in [0.2, 0.25) is 0 Å². The first-order valence-electron chi connectivity index (χ1n) is 4.32. The van der Waals surface area contributed by atoms with Gasteiger partial charge in [-0.3, -0.25) is 0 Å². The number of nitrogens with zero attached hydrogens (tertiary/aromatic N) is 1. The maximum Gasteiger partial charge on any atom is 0.152 e. The second-order valence-electron chi connectivity index (χ2n) is 3.05. The molecule has 0 amide bonds. The molecule has 2 aliphatic heterocycles. The standard InChI is InChI=1S/C8H13NO3/c1-3-10-5-7(1)9-12-8-2-4-11-6-8/h8H,1-6H2/b9-7+. The molecule has 2 fully saturated rings. The van der Waals surface area contributed by atoms with Crippen molar-refractivity contribution in [1.82, 2.24) is 0 Å². The molecule has 0 spiro atoms. The van der Waals surface area contributed by atoms with E-state index < -0.39 is 0 Å². The first kappa shape index (κ1) is 8.01. The van der Waals surface area contributed by atoms with Crippen LogP contribution in [0.25, 0.3) is 0 Å². The number of ether oxygens (including phenoxy) is 2. The molecule has 1 atom stereocenters. The third-order valence-electron chi connectivity index (χ3n) is 2.02. The van der Waals surface area contributed by atoms with E-state index in [1.54, 1.807) is 0 Å². The van der Waals surface area contributed by atoms with E-state index in [0.717, 1.165) is 31.8 Å². The van der Waals surface area contributed by atoms with Gasteiger partial charge in [-0.2, -0.15) is 0 Å². The molecule has 4 nitrogen and oxygen atoms in total. The Hall–Kier alpha value is -0.610. The molecule has 2 heterocycles. The van der Waals surface area contributed by atoms with Crippen molar-refractivity contribution in [2.45, 2.75) is 18.9 Å². The summed E-state index contributed by atoms with van der Waals surface area (Å²) in [6, 6.07) is 0. The van der Waals surface area contributed by atoms with Crippen molar-refractivity contribution in [2.75, 3.05) is 26.4 Å². The van der Waals surface area contributed by atoms with Crippen LogP contribution in [-0.4, -0.2) is 38.2 Å². The van der Waals surface area contributed by atoms with Gasteiger partial charge >= 0.3 is 0 Å². The zero-order valence-electron chi connectivity index (χ0n) is 6.99. The average molecular weight is 171 g/mol. The molecule has 0 aromatic heterocycles. The molecule has 12 heavy (non-hydrogen) atoms. The molecule has 2 aliphatic rings. The van der Waals surface area contributed by atoms with Gasteiger partial charge in [0.25, 0.3) is 0 Å². The number of rotatable bonds is 2. The topological polar surface area (TPSA) is 40.0 Å². The average Bonchev–Trinajstić information content (AvgIpc) is 2.74. The zero-order valence-corrected chi connectivity index (χ0v) is 6.99. The van der Waals surface area contributed by atoms with Crippen LogP contribution >= 0.6 is 0 Å². The Balaban J connectivity index is 1.75.